The zero-order chi connectivity index (χ0) is 19.4. The minimum Gasteiger partial charge on any atom is -0.479 e. The summed E-state index contributed by atoms with van der Waals surface area (Å²) in [6.07, 6.45) is -0.672. The summed E-state index contributed by atoms with van der Waals surface area (Å²) in [7, 11) is 1.86. The molecule has 1 atom stereocenters. The molecule has 0 aliphatic heterocycles. The number of benzene rings is 2. The van der Waals surface area contributed by atoms with Crippen molar-refractivity contribution in [3.63, 3.8) is 0 Å². The molecule has 0 bridgehead atoms. The molecule has 1 unspecified atom stereocenters. The van der Waals surface area contributed by atoms with E-state index in [2.05, 4.69) is 9.97 Å². The van der Waals surface area contributed by atoms with Gasteiger partial charge in [-0.3, -0.25) is 0 Å². The van der Waals surface area contributed by atoms with E-state index in [-0.39, 0.29) is 0 Å². The average Bonchev–Trinajstić information content (AvgIpc) is 2.67. The molecule has 3 rings (SSSR count). The first-order valence-corrected chi connectivity index (χ1v) is 8.96. The van der Waals surface area contributed by atoms with Gasteiger partial charge in [0.1, 0.15) is 5.75 Å². The largest absolute Gasteiger partial charge is 0.479 e. The standard InChI is InChI=1S/C20H20ClN3O3/c1-4-26-20(25)13(2)27-15-11-9-14(10-12-15)24(3)19-18(21)22-16-7-5-6-8-17(16)23-19/h5-13H,4H2,1-3H3. The lowest BCUT2D eigenvalue weighted by Gasteiger charge is -2.20. The number of hydrogen-bond acceptors (Lipinski definition) is 6. The van der Waals surface area contributed by atoms with Crippen LogP contribution in [0.4, 0.5) is 11.5 Å². The van der Waals surface area contributed by atoms with E-state index in [1.165, 1.54) is 0 Å². The molecule has 2 aromatic carbocycles. The number of carbonyl (C=O) groups is 1. The number of hydrogen-bond donors (Lipinski definition) is 0. The molecular weight excluding hydrogens is 366 g/mol. The van der Waals surface area contributed by atoms with Crippen LogP contribution in [0, 0.1) is 0 Å². The van der Waals surface area contributed by atoms with Gasteiger partial charge >= 0.3 is 5.97 Å². The summed E-state index contributed by atoms with van der Waals surface area (Å²) in [5.74, 6) is 0.740. The Bertz CT molecular complexity index is 947. The first-order chi connectivity index (χ1) is 13.0. The van der Waals surface area contributed by atoms with Crippen molar-refractivity contribution in [2.45, 2.75) is 20.0 Å². The van der Waals surface area contributed by atoms with E-state index >= 15 is 0 Å². The van der Waals surface area contributed by atoms with Crippen molar-refractivity contribution < 1.29 is 14.3 Å². The number of nitrogens with zero attached hydrogens (tertiary/aromatic N) is 3. The topological polar surface area (TPSA) is 64.6 Å². The number of rotatable bonds is 6. The molecule has 0 N–H and O–H groups in total. The maximum atomic E-state index is 11.7. The van der Waals surface area contributed by atoms with Crippen molar-refractivity contribution >= 4 is 40.1 Å². The zero-order valence-electron chi connectivity index (χ0n) is 15.3. The number of para-hydroxylation sites is 2. The van der Waals surface area contributed by atoms with Crippen molar-refractivity contribution in [2.24, 2.45) is 0 Å². The summed E-state index contributed by atoms with van der Waals surface area (Å²) < 4.78 is 10.5. The molecule has 0 aliphatic rings. The van der Waals surface area contributed by atoms with Gasteiger partial charge in [-0.15, -0.1) is 0 Å². The predicted molar refractivity (Wildman–Crippen MR) is 106 cm³/mol. The Labute approximate surface area is 162 Å². The van der Waals surface area contributed by atoms with Gasteiger partial charge in [-0.2, -0.15) is 0 Å². The molecule has 3 aromatic rings. The smallest absolute Gasteiger partial charge is 0.347 e. The lowest BCUT2D eigenvalue weighted by molar-refractivity contribution is -0.150. The van der Waals surface area contributed by atoms with Crippen LogP contribution in [0.1, 0.15) is 13.8 Å². The molecule has 27 heavy (non-hydrogen) atoms. The zero-order valence-corrected chi connectivity index (χ0v) is 16.1. The van der Waals surface area contributed by atoms with Crippen LogP contribution >= 0.6 is 11.6 Å². The number of ether oxygens (including phenoxy) is 2. The van der Waals surface area contributed by atoms with E-state index < -0.39 is 12.1 Å². The van der Waals surface area contributed by atoms with E-state index in [1.807, 2.05) is 48.3 Å². The Morgan fingerprint density at radius 3 is 2.37 bits per heavy atom. The Morgan fingerprint density at radius 1 is 1.11 bits per heavy atom. The highest BCUT2D eigenvalue weighted by atomic mass is 35.5. The summed E-state index contributed by atoms with van der Waals surface area (Å²) in [4.78, 5) is 22.5. The van der Waals surface area contributed by atoms with Crippen molar-refractivity contribution in [2.75, 3.05) is 18.6 Å². The van der Waals surface area contributed by atoms with E-state index in [0.717, 1.165) is 16.7 Å². The second-order valence-corrected chi connectivity index (χ2v) is 6.25. The summed E-state index contributed by atoms with van der Waals surface area (Å²) in [6, 6.07) is 14.9. The normalized spacial score (nSPS) is 11.9. The minimum atomic E-state index is -0.672. The Morgan fingerprint density at radius 2 is 1.74 bits per heavy atom. The number of aromatic nitrogens is 2. The van der Waals surface area contributed by atoms with E-state index in [0.29, 0.717) is 23.3 Å². The Kier molecular flexibility index (Phi) is 5.76. The lowest BCUT2D eigenvalue weighted by atomic mass is 10.2. The number of anilines is 2. The van der Waals surface area contributed by atoms with Gasteiger partial charge in [0.25, 0.3) is 0 Å². The third kappa shape index (κ3) is 4.28. The molecule has 0 amide bonds. The van der Waals surface area contributed by atoms with Crippen LogP contribution in [0.25, 0.3) is 11.0 Å². The Hall–Kier alpha value is -2.86. The fraction of sp³-hybridized carbons (Fsp3) is 0.250. The number of carbonyl (C=O) groups excluding carboxylic acids is 1. The fourth-order valence-electron chi connectivity index (χ4n) is 2.57. The van der Waals surface area contributed by atoms with E-state index in [9.17, 15) is 4.79 Å². The van der Waals surface area contributed by atoms with Gasteiger partial charge in [0.15, 0.2) is 17.1 Å². The highest BCUT2D eigenvalue weighted by molar-refractivity contribution is 6.32. The SMILES string of the molecule is CCOC(=O)C(C)Oc1ccc(N(C)c2nc3ccccc3nc2Cl)cc1. The number of esters is 1. The molecule has 7 heteroatoms. The van der Waals surface area contributed by atoms with Gasteiger partial charge in [0.05, 0.1) is 17.6 Å². The maximum absolute atomic E-state index is 11.7. The van der Waals surface area contributed by atoms with Crippen LogP contribution in [0.5, 0.6) is 5.75 Å². The van der Waals surface area contributed by atoms with Gasteiger partial charge in [-0.1, -0.05) is 23.7 Å². The van der Waals surface area contributed by atoms with Crippen LogP contribution < -0.4 is 9.64 Å². The van der Waals surface area contributed by atoms with E-state index in [4.69, 9.17) is 21.1 Å². The van der Waals surface area contributed by atoms with Crippen LogP contribution in [-0.2, 0) is 9.53 Å². The quantitative estimate of drug-likeness (QED) is 0.586. The second kappa shape index (κ2) is 8.22. The maximum Gasteiger partial charge on any atom is 0.347 e. The Balaban J connectivity index is 1.79. The summed E-state index contributed by atoms with van der Waals surface area (Å²) in [5, 5.41) is 0.326. The monoisotopic (exact) mass is 385 g/mol. The molecule has 1 aromatic heterocycles. The van der Waals surface area contributed by atoms with Crippen molar-refractivity contribution in [3.8, 4) is 5.75 Å². The predicted octanol–water partition coefficient (Wildman–Crippen LogP) is 4.38. The first-order valence-electron chi connectivity index (χ1n) is 8.59. The van der Waals surface area contributed by atoms with Gasteiger partial charge in [0.2, 0.25) is 0 Å². The summed E-state index contributed by atoms with van der Waals surface area (Å²) >= 11 is 6.32. The molecule has 0 aliphatic carbocycles. The third-order valence-electron chi connectivity index (χ3n) is 3.98. The van der Waals surface area contributed by atoms with Crippen LogP contribution in [-0.4, -0.2) is 35.7 Å². The molecule has 6 nitrogen and oxygen atoms in total. The van der Waals surface area contributed by atoms with Gasteiger partial charge in [0, 0.05) is 12.7 Å². The van der Waals surface area contributed by atoms with Crippen LogP contribution in [0.15, 0.2) is 48.5 Å². The lowest BCUT2D eigenvalue weighted by Crippen LogP contribution is -2.26. The van der Waals surface area contributed by atoms with Crippen LogP contribution in [0.3, 0.4) is 0 Å². The van der Waals surface area contributed by atoms with Gasteiger partial charge in [-0.05, 0) is 50.2 Å². The van der Waals surface area contributed by atoms with Crippen molar-refractivity contribution in [3.05, 3.63) is 53.7 Å². The molecular formula is C20H20ClN3O3. The van der Waals surface area contributed by atoms with Crippen molar-refractivity contribution in [1.29, 1.82) is 0 Å². The van der Waals surface area contributed by atoms with Crippen LogP contribution in [0.2, 0.25) is 5.15 Å². The highest BCUT2D eigenvalue weighted by Crippen LogP contribution is 2.30. The molecule has 0 saturated carbocycles. The molecule has 0 saturated heterocycles. The molecule has 0 radical (unpaired) electrons. The van der Waals surface area contributed by atoms with Crippen molar-refractivity contribution in [1.82, 2.24) is 9.97 Å². The molecule has 0 spiro atoms. The van der Waals surface area contributed by atoms with Gasteiger partial charge in [-0.25, -0.2) is 14.8 Å². The highest BCUT2D eigenvalue weighted by Gasteiger charge is 2.16. The van der Waals surface area contributed by atoms with E-state index in [1.54, 1.807) is 26.0 Å². The minimum absolute atomic E-state index is 0.323. The first kappa shape index (κ1) is 18.9. The summed E-state index contributed by atoms with van der Waals surface area (Å²) in [5.41, 5.74) is 2.38. The molecule has 0 fully saturated rings. The number of fused-ring (bicyclic) bond motifs is 1. The third-order valence-corrected chi connectivity index (χ3v) is 4.24. The molecule has 1 heterocycles. The fourth-order valence-corrected chi connectivity index (χ4v) is 2.83. The van der Waals surface area contributed by atoms with Gasteiger partial charge < -0.3 is 14.4 Å². The summed E-state index contributed by atoms with van der Waals surface area (Å²) in [6.45, 7) is 3.74. The molecule has 140 valence electrons. The second-order valence-electron chi connectivity index (χ2n) is 5.89. The average molecular weight is 386 g/mol. The number of halogens is 1.